The van der Waals surface area contributed by atoms with Gasteiger partial charge in [0, 0.05) is 17.1 Å². The second-order valence-electron chi connectivity index (χ2n) is 9.74. The summed E-state index contributed by atoms with van der Waals surface area (Å²) in [4.78, 5) is 22.1. The number of aromatic nitrogens is 4. The number of para-hydroxylation sites is 1. The fourth-order valence-electron chi connectivity index (χ4n) is 4.90. The van der Waals surface area contributed by atoms with Gasteiger partial charge in [0.15, 0.2) is 5.82 Å². The van der Waals surface area contributed by atoms with Crippen molar-refractivity contribution in [3.8, 4) is 0 Å². The maximum atomic E-state index is 13.1. The van der Waals surface area contributed by atoms with Crippen LogP contribution in [0, 0.1) is 0 Å². The van der Waals surface area contributed by atoms with E-state index < -0.39 is 22.2 Å². The van der Waals surface area contributed by atoms with Gasteiger partial charge in [0.2, 0.25) is 10.0 Å². The minimum Gasteiger partial charge on any atom is -0.446 e. The second-order valence-corrected chi connectivity index (χ2v) is 11.6. The number of ether oxygens (including phenoxy) is 1. The highest BCUT2D eigenvalue weighted by Crippen LogP contribution is 2.24. The number of amides is 1. The van der Waals surface area contributed by atoms with Crippen LogP contribution in [0.4, 0.5) is 4.79 Å². The number of carbonyl (C=O) groups excluding carboxylic acids is 1. The molecule has 0 aliphatic heterocycles. The Hall–Kier alpha value is -2.96. The van der Waals surface area contributed by atoms with Crippen LogP contribution in [0.3, 0.4) is 0 Å². The normalized spacial score (nSPS) is 15.3. The molecule has 1 saturated carbocycles. The van der Waals surface area contributed by atoms with Gasteiger partial charge >= 0.3 is 6.09 Å². The average molecular weight is 546 g/mol. The zero-order chi connectivity index (χ0) is 27.0. The molecule has 1 aromatic carbocycles. The third-order valence-corrected chi connectivity index (χ3v) is 8.52. The van der Waals surface area contributed by atoms with E-state index in [1.165, 1.54) is 0 Å². The third-order valence-electron chi connectivity index (χ3n) is 7.05. The number of sulfonamides is 1. The Morgan fingerprint density at radius 1 is 1.21 bits per heavy atom. The highest BCUT2D eigenvalue weighted by Gasteiger charge is 2.25. The van der Waals surface area contributed by atoms with Crippen LogP contribution in [0.5, 0.6) is 0 Å². The number of nitrogens with one attached hydrogen (secondary N) is 4. The Morgan fingerprint density at radius 3 is 2.74 bits per heavy atom. The molecule has 4 rings (SSSR count). The third kappa shape index (κ3) is 7.78. The molecular weight excluding hydrogens is 506 g/mol. The predicted octanol–water partition coefficient (Wildman–Crippen LogP) is 3.39. The number of hydrogen-bond acceptors (Lipinski definition) is 7. The summed E-state index contributed by atoms with van der Waals surface area (Å²) in [6, 6.07) is 7.23. The van der Waals surface area contributed by atoms with Gasteiger partial charge in [-0.1, -0.05) is 32.0 Å². The molecule has 0 radical (unpaired) electrons. The lowest BCUT2D eigenvalue weighted by atomic mass is 10.1. The molecule has 12 heteroatoms. The number of benzene rings is 1. The Kier molecular flexibility index (Phi) is 9.75. The first-order valence-corrected chi connectivity index (χ1v) is 15.1. The Morgan fingerprint density at radius 2 is 1.97 bits per heavy atom. The van der Waals surface area contributed by atoms with Gasteiger partial charge in [-0.3, -0.25) is 5.10 Å². The largest absolute Gasteiger partial charge is 0.446 e. The van der Waals surface area contributed by atoms with E-state index in [-0.39, 0.29) is 18.4 Å². The van der Waals surface area contributed by atoms with Crippen LogP contribution in [-0.4, -0.2) is 71.1 Å². The molecule has 38 heavy (non-hydrogen) atoms. The number of fused-ring (bicyclic) bond motifs is 1. The first-order valence-electron chi connectivity index (χ1n) is 13.5. The molecule has 0 saturated heterocycles. The zero-order valence-corrected chi connectivity index (χ0v) is 23.0. The molecule has 0 spiro atoms. The van der Waals surface area contributed by atoms with E-state index >= 15 is 0 Å². The summed E-state index contributed by atoms with van der Waals surface area (Å²) in [5.41, 5.74) is 1.94. The zero-order valence-electron chi connectivity index (χ0n) is 22.2. The van der Waals surface area contributed by atoms with Crippen LogP contribution < -0.4 is 10.0 Å². The average Bonchev–Trinajstić information content (AvgIpc) is 3.67. The Bertz CT molecular complexity index is 1280. The number of alkyl carbamates (subject to hydrolysis) is 1. The fourth-order valence-corrected chi connectivity index (χ4v) is 6.16. The SMILES string of the molecule is CCN(CC)CCCS(=O)(=O)N[C@H](Cc1c[nH]c2ccccc12)c1nc(CNC(=O)OC2CCCC2)n[nH]1. The molecule has 1 aliphatic rings. The van der Waals surface area contributed by atoms with Crippen molar-refractivity contribution in [1.82, 2.24) is 35.1 Å². The van der Waals surface area contributed by atoms with Crippen molar-refractivity contribution < 1.29 is 17.9 Å². The van der Waals surface area contributed by atoms with E-state index in [1.54, 1.807) is 0 Å². The lowest BCUT2D eigenvalue weighted by Gasteiger charge is -2.19. The quantitative estimate of drug-likeness (QED) is 0.243. The van der Waals surface area contributed by atoms with Gasteiger partial charge < -0.3 is 19.9 Å². The highest BCUT2D eigenvalue weighted by molar-refractivity contribution is 7.89. The van der Waals surface area contributed by atoms with Gasteiger partial charge in [0.05, 0.1) is 18.3 Å². The molecule has 1 fully saturated rings. The number of carbonyl (C=O) groups is 1. The van der Waals surface area contributed by atoms with Crippen LogP contribution in [0.25, 0.3) is 10.9 Å². The monoisotopic (exact) mass is 545 g/mol. The molecule has 1 amide bonds. The van der Waals surface area contributed by atoms with Crippen molar-refractivity contribution in [2.75, 3.05) is 25.4 Å². The molecule has 4 N–H and O–H groups in total. The van der Waals surface area contributed by atoms with Gasteiger partial charge in [-0.15, -0.1) is 0 Å². The molecule has 208 valence electrons. The second kappa shape index (κ2) is 13.2. The topological polar surface area (TPSA) is 145 Å². The van der Waals surface area contributed by atoms with Crippen molar-refractivity contribution in [2.45, 2.75) is 71.1 Å². The van der Waals surface area contributed by atoms with Crippen LogP contribution >= 0.6 is 0 Å². The lowest BCUT2D eigenvalue weighted by molar-refractivity contribution is 0.100. The van der Waals surface area contributed by atoms with Gasteiger partial charge in [-0.05, 0) is 69.8 Å². The van der Waals surface area contributed by atoms with Crippen molar-refractivity contribution >= 4 is 27.0 Å². The summed E-state index contributed by atoms with van der Waals surface area (Å²) < 4.78 is 34.4. The molecule has 2 aromatic heterocycles. The first-order chi connectivity index (χ1) is 18.4. The maximum absolute atomic E-state index is 13.1. The molecule has 0 bridgehead atoms. The van der Waals surface area contributed by atoms with Crippen molar-refractivity contribution in [2.24, 2.45) is 0 Å². The molecule has 3 aromatic rings. The summed E-state index contributed by atoms with van der Waals surface area (Å²) in [5, 5.41) is 10.8. The van der Waals surface area contributed by atoms with Crippen molar-refractivity contribution in [1.29, 1.82) is 0 Å². The van der Waals surface area contributed by atoms with E-state index in [2.05, 4.69) is 49.0 Å². The number of nitrogens with zero attached hydrogens (tertiary/aromatic N) is 3. The van der Waals surface area contributed by atoms with Crippen molar-refractivity contribution in [3.05, 3.63) is 47.7 Å². The first kappa shape index (κ1) is 28.1. The standard InChI is InChI=1S/C26H39N7O4S/c1-3-33(4-2)14-9-15-38(35,36)32-23(16-19-17-27-22-13-8-7-12-21(19)22)25-29-24(30-31-25)18-28-26(34)37-20-10-5-6-11-20/h7-8,12-13,17,20,23,27,32H,3-6,9-11,14-16,18H2,1-2H3,(H,28,34)(H,29,30,31)/t23-/m1/s1. The lowest BCUT2D eigenvalue weighted by Crippen LogP contribution is -2.34. The van der Waals surface area contributed by atoms with E-state index in [0.717, 1.165) is 61.8 Å². The summed E-state index contributed by atoms with van der Waals surface area (Å²) in [7, 11) is -3.59. The van der Waals surface area contributed by atoms with Crippen LogP contribution in [0.1, 0.15) is 69.2 Å². The molecule has 0 unspecified atom stereocenters. The number of H-pyrrole nitrogens is 2. The summed E-state index contributed by atoms with van der Waals surface area (Å²) in [6.07, 6.45) is 6.21. The number of aromatic amines is 2. The molecule has 2 heterocycles. The van der Waals surface area contributed by atoms with Gasteiger partial charge in [-0.2, -0.15) is 5.10 Å². The van der Waals surface area contributed by atoms with Gasteiger partial charge in [0.1, 0.15) is 11.9 Å². The molecular formula is C26H39N7O4S. The molecule has 1 aliphatic carbocycles. The minimum absolute atomic E-state index is 0.0173. The summed E-state index contributed by atoms with van der Waals surface area (Å²) in [6.45, 7) is 6.71. The number of rotatable bonds is 14. The van der Waals surface area contributed by atoms with Crippen molar-refractivity contribution in [3.63, 3.8) is 0 Å². The Balaban J connectivity index is 1.44. The number of hydrogen-bond donors (Lipinski definition) is 4. The van der Waals surface area contributed by atoms with Crippen LogP contribution in [-0.2, 0) is 27.7 Å². The molecule has 1 atom stereocenters. The van der Waals surface area contributed by atoms with E-state index in [0.29, 0.717) is 24.5 Å². The van der Waals surface area contributed by atoms with Crippen LogP contribution in [0.15, 0.2) is 30.5 Å². The van der Waals surface area contributed by atoms with Gasteiger partial charge in [-0.25, -0.2) is 22.9 Å². The summed E-state index contributed by atoms with van der Waals surface area (Å²) in [5.74, 6) is 0.764. The van der Waals surface area contributed by atoms with E-state index in [1.807, 2.05) is 30.5 Å². The van der Waals surface area contributed by atoms with E-state index in [4.69, 9.17) is 4.74 Å². The highest BCUT2D eigenvalue weighted by atomic mass is 32.2. The Labute approximate surface area is 224 Å². The smallest absolute Gasteiger partial charge is 0.407 e. The predicted molar refractivity (Wildman–Crippen MR) is 146 cm³/mol. The van der Waals surface area contributed by atoms with E-state index in [9.17, 15) is 13.2 Å². The summed E-state index contributed by atoms with van der Waals surface area (Å²) >= 11 is 0. The van der Waals surface area contributed by atoms with Gasteiger partial charge in [0.25, 0.3) is 0 Å². The fraction of sp³-hybridized carbons (Fsp3) is 0.577. The molecule has 11 nitrogen and oxygen atoms in total. The minimum atomic E-state index is -3.59. The maximum Gasteiger partial charge on any atom is 0.407 e. The van der Waals surface area contributed by atoms with Crippen LogP contribution in [0.2, 0.25) is 0 Å².